The van der Waals surface area contributed by atoms with E-state index < -0.39 is 35.6 Å². The highest BCUT2D eigenvalue weighted by molar-refractivity contribution is 6.65. The molecule has 0 saturated carbocycles. The zero-order chi connectivity index (χ0) is 12.7. The summed E-state index contributed by atoms with van der Waals surface area (Å²) in [5.74, 6) is -3.53. The highest BCUT2D eigenvalue weighted by atomic mass is 16.4. The fourth-order valence-corrected chi connectivity index (χ4v) is 1.36. The number of carbonyl (C=O) groups is 4. The Bertz CT molecular complexity index is 520. The van der Waals surface area contributed by atoms with Gasteiger partial charge in [-0.05, 0) is 0 Å². The molecule has 2 N–H and O–H groups in total. The highest BCUT2D eigenvalue weighted by Crippen LogP contribution is 2.11. The molecule has 0 spiro atoms. The van der Waals surface area contributed by atoms with Crippen molar-refractivity contribution in [2.24, 2.45) is 9.98 Å². The number of fused-ring (bicyclic) bond motifs is 1. The van der Waals surface area contributed by atoms with Gasteiger partial charge in [-0.3, -0.25) is 19.5 Å². The number of rotatable bonds is 1. The number of nitrogens with one attached hydrogen (secondary N) is 1. The first-order valence-electron chi connectivity index (χ1n) is 4.44. The summed E-state index contributed by atoms with van der Waals surface area (Å²) < 4.78 is 0. The molecule has 9 heteroatoms. The van der Waals surface area contributed by atoms with Crippen molar-refractivity contribution in [2.75, 3.05) is 7.05 Å². The number of nitrogens with zero attached hydrogens (tertiary/aromatic N) is 3. The maximum Gasteiger partial charge on any atom is 0.359 e. The molecule has 0 aromatic heterocycles. The van der Waals surface area contributed by atoms with Crippen LogP contribution >= 0.6 is 0 Å². The zero-order valence-corrected chi connectivity index (χ0v) is 8.50. The minimum absolute atomic E-state index is 0.242. The lowest BCUT2D eigenvalue weighted by Gasteiger charge is -2.27. The van der Waals surface area contributed by atoms with Gasteiger partial charge in [0.15, 0.2) is 6.04 Å². The summed E-state index contributed by atoms with van der Waals surface area (Å²) in [5, 5.41) is 10.7. The Hall–Kier alpha value is -2.58. The van der Waals surface area contributed by atoms with Crippen molar-refractivity contribution in [1.29, 1.82) is 0 Å². The second-order valence-corrected chi connectivity index (χ2v) is 3.32. The van der Waals surface area contributed by atoms with Crippen LogP contribution in [0.3, 0.4) is 0 Å². The van der Waals surface area contributed by atoms with E-state index in [4.69, 9.17) is 5.11 Å². The van der Waals surface area contributed by atoms with Crippen molar-refractivity contribution in [3.8, 4) is 0 Å². The number of likely N-dealkylation sites (N-methyl/N-ethyl adjacent to an activating group) is 1. The summed E-state index contributed by atoms with van der Waals surface area (Å²) in [4.78, 5) is 52.3. The summed E-state index contributed by atoms with van der Waals surface area (Å²) >= 11 is 0. The predicted octanol–water partition coefficient (Wildman–Crippen LogP) is -2.00. The van der Waals surface area contributed by atoms with Gasteiger partial charge in [0.2, 0.25) is 5.71 Å². The van der Waals surface area contributed by atoms with Gasteiger partial charge in [0, 0.05) is 7.05 Å². The van der Waals surface area contributed by atoms with E-state index >= 15 is 0 Å². The fraction of sp³-hybridized carbons (Fsp3) is 0.250. The first-order valence-corrected chi connectivity index (χ1v) is 4.44. The van der Waals surface area contributed by atoms with Crippen molar-refractivity contribution in [1.82, 2.24) is 10.2 Å². The van der Waals surface area contributed by atoms with E-state index in [9.17, 15) is 19.2 Å². The molecule has 0 radical (unpaired) electrons. The average molecular weight is 238 g/mol. The lowest BCUT2D eigenvalue weighted by molar-refractivity contribution is -0.130. The molecule has 2 rings (SSSR count). The Morgan fingerprint density at radius 3 is 2.65 bits per heavy atom. The molecular formula is C8H6N4O5. The number of hydrogen-bond donors (Lipinski definition) is 2. The minimum atomic E-state index is -1.55. The van der Waals surface area contributed by atoms with Gasteiger partial charge < -0.3 is 10.4 Å². The number of amidine groups is 1. The molecule has 88 valence electrons. The van der Waals surface area contributed by atoms with Crippen LogP contribution in [0, 0.1) is 0 Å². The molecular weight excluding hydrogens is 232 g/mol. The fourth-order valence-electron chi connectivity index (χ4n) is 1.36. The van der Waals surface area contributed by atoms with Crippen LogP contribution in [-0.2, 0) is 14.4 Å². The van der Waals surface area contributed by atoms with E-state index in [0.29, 0.717) is 4.90 Å². The van der Waals surface area contributed by atoms with Gasteiger partial charge in [-0.15, -0.1) is 0 Å². The van der Waals surface area contributed by atoms with Crippen molar-refractivity contribution >= 4 is 35.4 Å². The second-order valence-electron chi connectivity index (χ2n) is 3.32. The van der Waals surface area contributed by atoms with Gasteiger partial charge in [0.1, 0.15) is 5.84 Å². The average Bonchev–Trinajstić information content (AvgIpc) is 2.25. The third-order valence-corrected chi connectivity index (χ3v) is 2.24. The van der Waals surface area contributed by atoms with Crippen LogP contribution in [-0.4, -0.2) is 58.5 Å². The third kappa shape index (κ3) is 1.57. The molecule has 0 aromatic rings. The van der Waals surface area contributed by atoms with Crippen LogP contribution < -0.4 is 5.32 Å². The Kier molecular flexibility index (Phi) is 2.23. The molecule has 9 nitrogen and oxygen atoms in total. The molecule has 2 aliphatic heterocycles. The number of aliphatic imine (C=N–C) groups is 2. The van der Waals surface area contributed by atoms with Crippen LogP contribution in [0.5, 0.6) is 0 Å². The largest absolute Gasteiger partial charge is 0.476 e. The number of amides is 4. The molecule has 2 heterocycles. The molecule has 0 saturated heterocycles. The molecule has 0 aliphatic carbocycles. The summed E-state index contributed by atoms with van der Waals surface area (Å²) in [6, 6.07) is -2.11. The Morgan fingerprint density at radius 1 is 1.41 bits per heavy atom. The van der Waals surface area contributed by atoms with Crippen molar-refractivity contribution in [2.45, 2.75) is 6.04 Å². The minimum Gasteiger partial charge on any atom is -0.476 e. The lowest BCUT2D eigenvalue weighted by Crippen LogP contribution is -2.58. The van der Waals surface area contributed by atoms with Crippen LogP contribution in [0.4, 0.5) is 4.79 Å². The first kappa shape index (κ1) is 10.9. The molecule has 4 amide bonds. The van der Waals surface area contributed by atoms with Gasteiger partial charge in [-0.2, -0.15) is 4.99 Å². The molecule has 0 fully saturated rings. The number of imide groups is 1. The number of hydrogen-bond acceptors (Lipinski definition) is 5. The van der Waals surface area contributed by atoms with Gasteiger partial charge in [0.05, 0.1) is 0 Å². The van der Waals surface area contributed by atoms with Gasteiger partial charge >= 0.3 is 12.0 Å². The Labute approximate surface area is 93.8 Å². The molecule has 0 bridgehead atoms. The highest BCUT2D eigenvalue weighted by Gasteiger charge is 2.41. The number of carbonyl (C=O) groups excluding carboxylic acids is 3. The zero-order valence-electron chi connectivity index (χ0n) is 8.50. The van der Waals surface area contributed by atoms with Gasteiger partial charge in [-0.1, -0.05) is 0 Å². The molecule has 2 aliphatic rings. The van der Waals surface area contributed by atoms with E-state index in [1.807, 2.05) is 0 Å². The van der Waals surface area contributed by atoms with Gasteiger partial charge in [0.25, 0.3) is 11.8 Å². The summed E-state index contributed by atoms with van der Waals surface area (Å²) in [6.07, 6.45) is 0. The standard InChI is InChI=1S/C8H6N4O5/c1-12-6(14)2-4(11-8(12)17)10-5(13)3(9-2)7(15)16/h2H,1H3,(H,15,16)(H,10,11,13,17). The van der Waals surface area contributed by atoms with Gasteiger partial charge in [-0.25, -0.2) is 9.59 Å². The van der Waals surface area contributed by atoms with Crippen LogP contribution in [0.2, 0.25) is 0 Å². The lowest BCUT2D eigenvalue weighted by atomic mass is 10.1. The predicted molar refractivity (Wildman–Crippen MR) is 52.6 cm³/mol. The summed E-state index contributed by atoms with van der Waals surface area (Å²) in [7, 11) is 1.19. The second kappa shape index (κ2) is 3.47. The molecule has 0 aromatic carbocycles. The first-order chi connectivity index (χ1) is 7.91. The Balaban J connectivity index is 2.50. The quantitative estimate of drug-likeness (QED) is 0.546. The maximum absolute atomic E-state index is 11.6. The van der Waals surface area contributed by atoms with Crippen molar-refractivity contribution in [3.05, 3.63) is 0 Å². The maximum atomic E-state index is 11.6. The monoisotopic (exact) mass is 238 g/mol. The Morgan fingerprint density at radius 2 is 2.06 bits per heavy atom. The molecule has 1 unspecified atom stereocenters. The van der Waals surface area contributed by atoms with Crippen LogP contribution in [0.25, 0.3) is 0 Å². The SMILES string of the molecule is CN1C(=O)N=C2NC(=O)C(C(=O)O)=NC2C1=O. The van der Waals surface area contributed by atoms with Crippen molar-refractivity contribution in [3.63, 3.8) is 0 Å². The topological polar surface area (TPSA) is 128 Å². The number of carboxylic acids is 1. The number of carboxylic acid groups (broad SMARTS) is 1. The van der Waals surface area contributed by atoms with Crippen LogP contribution in [0.15, 0.2) is 9.98 Å². The summed E-state index contributed by atoms with van der Waals surface area (Å²) in [5.41, 5.74) is -0.787. The van der Waals surface area contributed by atoms with E-state index in [2.05, 4.69) is 15.3 Å². The normalized spacial score (nSPS) is 23.7. The smallest absolute Gasteiger partial charge is 0.359 e. The van der Waals surface area contributed by atoms with E-state index in [1.54, 1.807) is 0 Å². The van der Waals surface area contributed by atoms with Crippen LogP contribution in [0.1, 0.15) is 0 Å². The summed E-state index contributed by atoms with van der Waals surface area (Å²) in [6.45, 7) is 0. The number of aliphatic carboxylic acids is 1. The van der Waals surface area contributed by atoms with Crippen molar-refractivity contribution < 1.29 is 24.3 Å². The molecule has 1 atom stereocenters. The van der Waals surface area contributed by atoms with E-state index in [-0.39, 0.29) is 5.84 Å². The third-order valence-electron chi connectivity index (χ3n) is 2.24. The number of urea groups is 1. The van der Waals surface area contributed by atoms with E-state index in [1.165, 1.54) is 7.05 Å². The molecule has 17 heavy (non-hydrogen) atoms. The van der Waals surface area contributed by atoms with E-state index in [0.717, 1.165) is 0 Å².